The predicted molar refractivity (Wildman–Crippen MR) is 52.1 cm³/mol. The number of hydrogen-bond donors (Lipinski definition) is 0. The molecule has 3 nitrogen and oxygen atoms in total. The van der Waals surface area contributed by atoms with Crippen LogP contribution >= 0.6 is 0 Å². The van der Waals surface area contributed by atoms with Gasteiger partial charge in [0, 0.05) is 0 Å². The number of benzene rings is 1. The Morgan fingerprint density at radius 1 is 1.14 bits per heavy atom. The van der Waals surface area contributed by atoms with Crippen molar-refractivity contribution in [3.63, 3.8) is 0 Å². The maximum absolute atomic E-state index is 8.12. The standard InChI is InChI=1S/C10H14O.CO2/c1-8(2)9-4-6-10(11-3)7-5-9;2-1-3/h4-8H,1-3H3;. The lowest BCUT2D eigenvalue weighted by atomic mass is 10.0. The molecule has 1 rings (SSSR count). The molecule has 1 aromatic rings. The average Bonchev–Trinajstić information content (AvgIpc) is 2.19. The van der Waals surface area contributed by atoms with Crippen LogP contribution in [0.3, 0.4) is 0 Å². The maximum atomic E-state index is 8.12. The molecule has 0 amide bonds. The summed E-state index contributed by atoms with van der Waals surface area (Å²) in [6.07, 6.45) is 0.250. The predicted octanol–water partition coefficient (Wildman–Crippen LogP) is 2.24. The van der Waals surface area contributed by atoms with Gasteiger partial charge in [-0.1, -0.05) is 26.0 Å². The summed E-state index contributed by atoms with van der Waals surface area (Å²) >= 11 is 0. The van der Waals surface area contributed by atoms with Gasteiger partial charge in [0.2, 0.25) is 0 Å². The van der Waals surface area contributed by atoms with Crippen LogP contribution < -0.4 is 4.74 Å². The summed E-state index contributed by atoms with van der Waals surface area (Å²) in [6, 6.07) is 8.19. The molecule has 0 heterocycles. The molecular weight excluding hydrogens is 180 g/mol. The summed E-state index contributed by atoms with van der Waals surface area (Å²) in [7, 11) is 1.68. The number of ether oxygens (including phenoxy) is 1. The Kier molecular flexibility index (Phi) is 6.08. The lowest BCUT2D eigenvalue weighted by molar-refractivity contribution is -0.191. The van der Waals surface area contributed by atoms with Crippen molar-refractivity contribution in [2.24, 2.45) is 0 Å². The van der Waals surface area contributed by atoms with Crippen molar-refractivity contribution in [2.45, 2.75) is 19.8 Å². The quantitative estimate of drug-likeness (QED) is 0.725. The van der Waals surface area contributed by atoms with Crippen LogP contribution in [-0.4, -0.2) is 13.3 Å². The van der Waals surface area contributed by atoms with Crippen molar-refractivity contribution >= 4 is 6.15 Å². The number of hydrogen-bond acceptors (Lipinski definition) is 3. The highest BCUT2D eigenvalue weighted by atomic mass is 16.5. The van der Waals surface area contributed by atoms with E-state index in [-0.39, 0.29) is 6.15 Å². The zero-order valence-corrected chi connectivity index (χ0v) is 8.61. The number of rotatable bonds is 2. The minimum atomic E-state index is 0.250. The van der Waals surface area contributed by atoms with Crippen molar-refractivity contribution in [1.82, 2.24) is 0 Å². The minimum absolute atomic E-state index is 0.250. The van der Waals surface area contributed by atoms with Crippen molar-refractivity contribution < 1.29 is 14.3 Å². The summed E-state index contributed by atoms with van der Waals surface area (Å²) in [6.45, 7) is 4.36. The first-order valence-electron chi connectivity index (χ1n) is 4.29. The summed E-state index contributed by atoms with van der Waals surface area (Å²) in [5.74, 6) is 1.52. The van der Waals surface area contributed by atoms with E-state index in [9.17, 15) is 0 Å². The van der Waals surface area contributed by atoms with Gasteiger partial charge >= 0.3 is 6.15 Å². The Hall–Kier alpha value is -1.60. The van der Waals surface area contributed by atoms with Gasteiger partial charge < -0.3 is 4.74 Å². The highest BCUT2D eigenvalue weighted by Gasteiger charge is 1.97. The molecule has 0 radical (unpaired) electrons. The number of methoxy groups -OCH3 is 1. The van der Waals surface area contributed by atoms with Gasteiger partial charge in [0.05, 0.1) is 7.11 Å². The molecule has 0 aromatic heterocycles. The summed E-state index contributed by atoms with van der Waals surface area (Å²) in [4.78, 5) is 16.2. The molecule has 0 aliphatic rings. The van der Waals surface area contributed by atoms with Gasteiger partial charge in [-0.3, -0.25) is 0 Å². The number of carbonyl (C=O) groups excluding carboxylic acids is 2. The molecule has 0 saturated heterocycles. The van der Waals surface area contributed by atoms with E-state index in [0.717, 1.165) is 5.75 Å². The van der Waals surface area contributed by atoms with Crippen LogP contribution in [0.25, 0.3) is 0 Å². The van der Waals surface area contributed by atoms with Gasteiger partial charge in [0.1, 0.15) is 5.75 Å². The molecule has 0 unspecified atom stereocenters. The minimum Gasteiger partial charge on any atom is -0.497 e. The third-order valence-electron chi connectivity index (χ3n) is 1.78. The van der Waals surface area contributed by atoms with E-state index in [1.54, 1.807) is 7.11 Å². The molecule has 1 aromatic carbocycles. The molecule has 14 heavy (non-hydrogen) atoms. The third-order valence-corrected chi connectivity index (χ3v) is 1.78. The van der Waals surface area contributed by atoms with Crippen molar-refractivity contribution in [1.29, 1.82) is 0 Å². The van der Waals surface area contributed by atoms with Gasteiger partial charge in [-0.25, -0.2) is 0 Å². The smallest absolute Gasteiger partial charge is 0.373 e. The molecule has 0 N–H and O–H groups in total. The SMILES string of the molecule is COc1ccc(C(C)C)cc1.O=C=O. The fraction of sp³-hybridized carbons (Fsp3) is 0.364. The lowest BCUT2D eigenvalue weighted by Crippen LogP contribution is -1.87. The highest BCUT2D eigenvalue weighted by molar-refractivity contribution is 5.28. The Labute approximate surface area is 83.7 Å². The summed E-state index contributed by atoms with van der Waals surface area (Å²) in [5, 5.41) is 0. The maximum Gasteiger partial charge on any atom is 0.373 e. The molecule has 0 saturated carbocycles. The molecule has 0 aliphatic carbocycles. The van der Waals surface area contributed by atoms with E-state index in [1.807, 2.05) is 12.1 Å². The topological polar surface area (TPSA) is 43.4 Å². The molecular formula is C11H14O3. The summed E-state index contributed by atoms with van der Waals surface area (Å²) in [5.41, 5.74) is 1.35. The molecule has 0 fully saturated rings. The van der Waals surface area contributed by atoms with Gasteiger partial charge in [-0.05, 0) is 23.6 Å². The van der Waals surface area contributed by atoms with Crippen molar-refractivity contribution in [3.05, 3.63) is 29.8 Å². The molecule has 0 spiro atoms. The van der Waals surface area contributed by atoms with E-state index in [4.69, 9.17) is 14.3 Å². The molecule has 0 atom stereocenters. The van der Waals surface area contributed by atoms with Gasteiger partial charge in [0.15, 0.2) is 0 Å². The zero-order valence-electron chi connectivity index (χ0n) is 8.61. The van der Waals surface area contributed by atoms with E-state index < -0.39 is 0 Å². The fourth-order valence-corrected chi connectivity index (χ4v) is 0.989. The van der Waals surface area contributed by atoms with Crippen molar-refractivity contribution in [3.8, 4) is 5.75 Å². The molecule has 76 valence electrons. The first kappa shape index (κ1) is 12.4. The van der Waals surface area contributed by atoms with Crippen LogP contribution in [0.15, 0.2) is 24.3 Å². The first-order valence-corrected chi connectivity index (χ1v) is 4.29. The summed E-state index contributed by atoms with van der Waals surface area (Å²) < 4.78 is 5.05. The Balaban J connectivity index is 0.000000500. The van der Waals surface area contributed by atoms with Crippen LogP contribution in [0, 0.1) is 0 Å². The second kappa shape index (κ2) is 6.87. The van der Waals surface area contributed by atoms with Crippen molar-refractivity contribution in [2.75, 3.05) is 7.11 Å². The molecule has 0 bridgehead atoms. The normalized spacial score (nSPS) is 8.57. The van der Waals surface area contributed by atoms with Gasteiger partial charge in [-0.2, -0.15) is 9.59 Å². The third kappa shape index (κ3) is 4.43. The second-order valence-electron chi connectivity index (χ2n) is 3.01. The monoisotopic (exact) mass is 194 g/mol. The Morgan fingerprint density at radius 2 is 1.57 bits per heavy atom. The molecule has 3 heteroatoms. The van der Waals surface area contributed by atoms with Crippen LogP contribution in [0.2, 0.25) is 0 Å². The lowest BCUT2D eigenvalue weighted by Gasteiger charge is -2.05. The molecule has 0 aliphatic heterocycles. The largest absolute Gasteiger partial charge is 0.497 e. The van der Waals surface area contributed by atoms with Crippen LogP contribution in [0.1, 0.15) is 25.3 Å². The zero-order chi connectivity index (χ0) is 11.0. The van der Waals surface area contributed by atoms with E-state index in [1.165, 1.54) is 5.56 Å². The van der Waals surface area contributed by atoms with Crippen LogP contribution in [0.5, 0.6) is 5.75 Å². The van der Waals surface area contributed by atoms with Crippen LogP contribution in [0.4, 0.5) is 0 Å². The second-order valence-corrected chi connectivity index (χ2v) is 3.01. The van der Waals surface area contributed by atoms with E-state index in [0.29, 0.717) is 5.92 Å². The average molecular weight is 194 g/mol. The highest BCUT2D eigenvalue weighted by Crippen LogP contribution is 2.17. The van der Waals surface area contributed by atoms with E-state index >= 15 is 0 Å². The van der Waals surface area contributed by atoms with Gasteiger partial charge in [0.25, 0.3) is 0 Å². The van der Waals surface area contributed by atoms with Gasteiger partial charge in [-0.15, -0.1) is 0 Å². The fourth-order valence-electron chi connectivity index (χ4n) is 0.989. The van der Waals surface area contributed by atoms with Crippen LogP contribution in [-0.2, 0) is 9.59 Å². The first-order chi connectivity index (χ1) is 6.65. The Morgan fingerprint density at radius 3 is 1.86 bits per heavy atom. The Bertz CT molecular complexity index is 282. The van der Waals surface area contributed by atoms with E-state index in [2.05, 4.69) is 26.0 Å².